The van der Waals surface area contributed by atoms with Crippen LogP contribution in [0.5, 0.6) is 11.5 Å². The maximum Gasteiger partial charge on any atom is 0.326 e. The van der Waals surface area contributed by atoms with E-state index >= 15 is 0 Å². The minimum absolute atomic E-state index is 0.0898. The van der Waals surface area contributed by atoms with Gasteiger partial charge in [0.05, 0.1) is 19.3 Å². The van der Waals surface area contributed by atoms with E-state index in [2.05, 4.69) is 36.5 Å². The molecule has 39 heavy (non-hydrogen) atoms. The van der Waals surface area contributed by atoms with Crippen LogP contribution in [-0.4, -0.2) is 36.9 Å². The molecule has 0 bridgehead atoms. The first-order chi connectivity index (χ1) is 18.9. The summed E-state index contributed by atoms with van der Waals surface area (Å²) in [7, 11) is 1.61. The Kier molecular flexibility index (Phi) is 8.05. The highest BCUT2D eigenvalue weighted by molar-refractivity contribution is 6.03. The number of methoxy groups -OCH3 is 1. The number of urea groups is 1. The van der Waals surface area contributed by atoms with Gasteiger partial charge in [-0.25, -0.2) is 4.79 Å². The topological polar surface area (TPSA) is 88.1 Å². The van der Waals surface area contributed by atoms with Crippen LogP contribution in [-0.2, 0) is 4.79 Å². The number of carbonyl (C=O) groups is 2. The first-order valence-corrected chi connectivity index (χ1v) is 13.8. The minimum Gasteiger partial charge on any atom is -0.497 e. The first kappa shape index (κ1) is 26.6. The largest absolute Gasteiger partial charge is 0.497 e. The monoisotopic (exact) mass is 528 g/mol. The average molecular weight is 529 g/mol. The van der Waals surface area contributed by atoms with Gasteiger partial charge in [0.25, 0.3) is 0 Å². The van der Waals surface area contributed by atoms with E-state index in [-0.39, 0.29) is 18.6 Å². The van der Waals surface area contributed by atoms with Crippen LogP contribution in [0.1, 0.15) is 56.9 Å². The summed E-state index contributed by atoms with van der Waals surface area (Å²) in [5, 5.41) is 12.1. The molecule has 0 saturated heterocycles. The van der Waals surface area contributed by atoms with E-state index in [1.54, 1.807) is 12.0 Å². The minimum atomic E-state index is -0.692. The van der Waals surface area contributed by atoms with Crippen molar-refractivity contribution in [1.29, 1.82) is 0 Å². The van der Waals surface area contributed by atoms with Gasteiger partial charge in [0.1, 0.15) is 17.6 Å². The van der Waals surface area contributed by atoms with Crippen LogP contribution < -0.4 is 19.7 Å². The zero-order chi connectivity index (χ0) is 27.4. The lowest BCUT2D eigenvalue weighted by Crippen LogP contribution is -2.45. The summed E-state index contributed by atoms with van der Waals surface area (Å²) in [5.74, 6) is 1.54. The average Bonchev–Trinajstić information content (AvgIpc) is 2.96. The molecule has 0 aromatic heterocycles. The Balaban J connectivity index is 1.30. The van der Waals surface area contributed by atoms with Crippen molar-refractivity contribution in [2.24, 2.45) is 5.92 Å². The number of nitrogens with one attached hydrogen (secondary N) is 1. The molecule has 0 spiro atoms. The lowest BCUT2D eigenvalue weighted by molar-refractivity contribution is -0.138. The number of hydrogen-bond acceptors (Lipinski definition) is 4. The molecule has 3 aromatic carbocycles. The summed E-state index contributed by atoms with van der Waals surface area (Å²) >= 11 is 0. The van der Waals surface area contributed by atoms with E-state index in [4.69, 9.17) is 14.6 Å². The molecule has 1 unspecified atom stereocenters. The van der Waals surface area contributed by atoms with Gasteiger partial charge in [0.15, 0.2) is 0 Å². The van der Waals surface area contributed by atoms with Gasteiger partial charge in [0, 0.05) is 12.1 Å². The summed E-state index contributed by atoms with van der Waals surface area (Å²) < 4.78 is 11.5. The van der Waals surface area contributed by atoms with Gasteiger partial charge in [-0.15, -0.1) is 0 Å². The maximum absolute atomic E-state index is 13.3. The molecule has 2 amide bonds. The van der Waals surface area contributed by atoms with Gasteiger partial charge in [-0.2, -0.15) is 0 Å². The second kappa shape index (κ2) is 11.8. The third kappa shape index (κ3) is 6.19. The third-order valence-electron chi connectivity index (χ3n) is 8.00. The molecular weight excluding hydrogens is 492 g/mol. The third-order valence-corrected chi connectivity index (χ3v) is 8.00. The van der Waals surface area contributed by atoms with E-state index in [1.165, 1.54) is 5.56 Å². The summed E-state index contributed by atoms with van der Waals surface area (Å²) in [6.45, 7) is 2.54. The number of amides is 2. The zero-order valence-electron chi connectivity index (χ0n) is 22.6. The number of carboxylic acids is 1. The maximum atomic E-state index is 13.3. The van der Waals surface area contributed by atoms with Crippen molar-refractivity contribution in [3.63, 3.8) is 0 Å². The Hall–Kier alpha value is -4.00. The quantitative estimate of drug-likeness (QED) is 0.335. The van der Waals surface area contributed by atoms with Crippen LogP contribution >= 0.6 is 0 Å². The van der Waals surface area contributed by atoms with Crippen molar-refractivity contribution in [2.75, 3.05) is 23.9 Å². The Morgan fingerprint density at radius 2 is 1.67 bits per heavy atom. The molecule has 5 rings (SSSR count). The number of hydrogen-bond donors (Lipinski definition) is 2. The van der Waals surface area contributed by atoms with E-state index in [0.29, 0.717) is 29.8 Å². The van der Waals surface area contributed by atoms with Gasteiger partial charge in [-0.05, 0) is 97.0 Å². The van der Waals surface area contributed by atoms with Crippen molar-refractivity contribution in [1.82, 2.24) is 0 Å². The predicted molar refractivity (Wildman–Crippen MR) is 153 cm³/mol. The van der Waals surface area contributed by atoms with Gasteiger partial charge < -0.3 is 19.9 Å². The van der Waals surface area contributed by atoms with Gasteiger partial charge in [-0.3, -0.25) is 9.69 Å². The fourth-order valence-electron chi connectivity index (χ4n) is 5.69. The number of anilines is 2. The number of ether oxygens (including phenoxy) is 2. The molecule has 204 valence electrons. The number of carbonyl (C=O) groups excluding carboxylic acids is 1. The van der Waals surface area contributed by atoms with Crippen molar-refractivity contribution in [2.45, 2.75) is 57.5 Å². The van der Waals surface area contributed by atoms with Crippen LogP contribution in [0.4, 0.5) is 16.2 Å². The normalized spacial score (nSPS) is 20.5. The van der Waals surface area contributed by atoms with E-state index in [1.807, 2.05) is 42.5 Å². The van der Waals surface area contributed by atoms with Crippen molar-refractivity contribution >= 4 is 23.4 Å². The molecule has 3 aromatic rings. The Labute approximate surface area is 229 Å². The van der Waals surface area contributed by atoms with Crippen LogP contribution in [0.15, 0.2) is 66.7 Å². The van der Waals surface area contributed by atoms with E-state index < -0.39 is 5.97 Å². The molecule has 1 saturated carbocycles. The molecule has 2 N–H and O–H groups in total. The highest BCUT2D eigenvalue weighted by Gasteiger charge is 2.30. The molecule has 2 aliphatic rings. The standard InChI is InChI=1S/C32H36N2O5/c1-3-27-20-34(32(37)33-26-13-15-28(38-2)16-14-26)29-17-12-25(19-30(29)39-27)24-10-8-23(9-11-24)22-6-4-21(5-7-22)18-31(35)36/h8-17,19,21-22,27H,3-7,18,20H2,1-2H3,(H,33,37)(H,35,36)/t21-,22-,27?. The summed E-state index contributed by atoms with van der Waals surface area (Å²) in [4.78, 5) is 26.0. The molecule has 7 heteroatoms. The molecule has 0 radical (unpaired) electrons. The zero-order valence-corrected chi connectivity index (χ0v) is 22.6. The van der Waals surface area contributed by atoms with Crippen LogP contribution in [0, 0.1) is 5.92 Å². The summed E-state index contributed by atoms with van der Waals surface area (Å²) in [6, 6.07) is 21.8. The Morgan fingerprint density at radius 1 is 0.974 bits per heavy atom. The lowest BCUT2D eigenvalue weighted by atomic mass is 9.77. The number of fused-ring (bicyclic) bond motifs is 1. The molecule has 1 heterocycles. The van der Waals surface area contributed by atoms with E-state index in [0.717, 1.165) is 54.7 Å². The molecule has 1 aliphatic heterocycles. The van der Waals surface area contributed by atoms with Gasteiger partial charge >= 0.3 is 12.0 Å². The Morgan fingerprint density at radius 3 is 2.31 bits per heavy atom. The first-order valence-electron chi connectivity index (χ1n) is 13.8. The summed E-state index contributed by atoms with van der Waals surface area (Å²) in [5.41, 5.74) is 4.91. The smallest absolute Gasteiger partial charge is 0.326 e. The number of aliphatic carboxylic acids is 1. The summed E-state index contributed by atoms with van der Waals surface area (Å²) in [6.07, 6.45) is 5.01. The highest BCUT2D eigenvalue weighted by atomic mass is 16.5. The molecule has 1 aliphatic carbocycles. The molecule has 1 fully saturated rings. The van der Waals surface area contributed by atoms with Crippen LogP contribution in [0.3, 0.4) is 0 Å². The Bertz CT molecular complexity index is 1300. The van der Waals surface area contributed by atoms with Crippen molar-refractivity contribution in [3.05, 3.63) is 72.3 Å². The predicted octanol–water partition coefficient (Wildman–Crippen LogP) is 7.32. The van der Waals surface area contributed by atoms with Crippen LogP contribution in [0.25, 0.3) is 11.1 Å². The number of rotatable bonds is 7. The second-order valence-electron chi connectivity index (χ2n) is 10.5. The number of benzene rings is 3. The second-order valence-corrected chi connectivity index (χ2v) is 10.5. The lowest BCUT2D eigenvalue weighted by Gasteiger charge is -2.35. The fraction of sp³-hybridized carbons (Fsp3) is 0.375. The molecule has 7 nitrogen and oxygen atoms in total. The van der Waals surface area contributed by atoms with Crippen molar-refractivity contribution in [3.8, 4) is 22.6 Å². The SMILES string of the molecule is CCC1CN(C(=O)Nc2ccc(OC)cc2)c2ccc(-c3ccc([C@H]4CC[C@H](CC(=O)O)CC4)cc3)cc2O1. The number of carboxylic acid groups (broad SMARTS) is 1. The molecule has 1 atom stereocenters. The fourth-order valence-corrected chi connectivity index (χ4v) is 5.69. The van der Waals surface area contributed by atoms with Crippen molar-refractivity contribution < 1.29 is 24.2 Å². The van der Waals surface area contributed by atoms with Gasteiger partial charge in [0.2, 0.25) is 0 Å². The number of nitrogens with zero attached hydrogens (tertiary/aromatic N) is 1. The molecular formula is C32H36N2O5. The van der Waals surface area contributed by atoms with Crippen LogP contribution in [0.2, 0.25) is 0 Å². The van der Waals surface area contributed by atoms with E-state index in [9.17, 15) is 9.59 Å². The van der Waals surface area contributed by atoms with Gasteiger partial charge in [-0.1, -0.05) is 37.3 Å². The highest BCUT2D eigenvalue weighted by Crippen LogP contribution is 2.40.